The van der Waals surface area contributed by atoms with Crippen molar-refractivity contribution in [2.45, 2.75) is 77.4 Å². The van der Waals surface area contributed by atoms with Crippen molar-refractivity contribution >= 4 is 19.6 Å². The van der Waals surface area contributed by atoms with Crippen molar-refractivity contribution in [2.24, 2.45) is 5.92 Å². The third-order valence-corrected chi connectivity index (χ3v) is 6.92. The van der Waals surface area contributed by atoms with Gasteiger partial charge in [0.1, 0.15) is 41.9 Å². The van der Waals surface area contributed by atoms with Gasteiger partial charge in [-0.3, -0.25) is 14.1 Å². The topological polar surface area (TPSA) is 182 Å². The van der Waals surface area contributed by atoms with Crippen molar-refractivity contribution in [2.75, 3.05) is 13.7 Å². The molecule has 1 aromatic rings. The number of hydrogen-bond donors (Lipinski definition) is 5. The molecule has 1 heterocycles. The summed E-state index contributed by atoms with van der Waals surface area (Å²) in [7, 11) is -3.10. The summed E-state index contributed by atoms with van der Waals surface area (Å²) in [5.74, 6) is -1.20. The SMILES string of the molecule is COc1ccc(OP(=O)(N[C@H](C(=O)OC(C)C)C(C)C)O[C@H]2[C@H](O)[C@@H](CO)OC(O)[C@@H]2NC(C)=O)cc1. The summed E-state index contributed by atoms with van der Waals surface area (Å²) in [6.07, 6.45) is -6.75. The lowest BCUT2D eigenvalue weighted by Gasteiger charge is -2.43. The molecule has 5 N–H and O–H groups in total. The van der Waals surface area contributed by atoms with Crippen LogP contribution in [0.4, 0.5) is 0 Å². The molecule has 0 aromatic heterocycles. The van der Waals surface area contributed by atoms with E-state index >= 15 is 0 Å². The predicted octanol–water partition coefficient (Wildman–Crippen LogP) is 0.708. The van der Waals surface area contributed by atoms with Crippen molar-refractivity contribution in [1.82, 2.24) is 10.4 Å². The van der Waals surface area contributed by atoms with Crippen LogP contribution >= 0.6 is 7.75 Å². The van der Waals surface area contributed by atoms with E-state index in [2.05, 4.69) is 10.4 Å². The van der Waals surface area contributed by atoms with E-state index in [1.165, 1.54) is 19.2 Å². The minimum Gasteiger partial charge on any atom is -0.497 e. The smallest absolute Gasteiger partial charge is 0.459 e. The van der Waals surface area contributed by atoms with Gasteiger partial charge in [-0.15, -0.1) is 0 Å². The number of rotatable bonds is 12. The van der Waals surface area contributed by atoms with Crippen LogP contribution in [0.5, 0.6) is 11.5 Å². The molecule has 1 amide bonds. The Morgan fingerprint density at radius 3 is 2.19 bits per heavy atom. The zero-order valence-corrected chi connectivity index (χ0v) is 22.6. The lowest BCUT2D eigenvalue weighted by Crippen LogP contribution is -2.64. The fourth-order valence-corrected chi connectivity index (χ4v) is 5.44. The largest absolute Gasteiger partial charge is 0.497 e. The number of ether oxygens (including phenoxy) is 3. The fourth-order valence-electron chi connectivity index (χ4n) is 3.56. The van der Waals surface area contributed by atoms with Gasteiger partial charge in [-0.25, -0.2) is 4.57 Å². The van der Waals surface area contributed by atoms with Crippen molar-refractivity contribution in [3.63, 3.8) is 0 Å². The molecule has 13 nitrogen and oxygen atoms in total. The van der Waals surface area contributed by atoms with Crippen LogP contribution in [-0.4, -0.2) is 83.7 Å². The molecule has 1 aromatic carbocycles. The van der Waals surface area contributed by atoms with Crippen LogP contribution < -0.4 is 19.7 Å². The number of hydrogen-bond acceptors (Lipinski definition) is 11. The number of nitrogens with one attached hydrogen (secondary N) is 2. The third-order valence-electron chi connectivity index (χ3n) is 5.36. The van der Waals surface area contributed by atoms with Crippen LogP contribution in [0.1, 0.15) is 34.6 Å². The second-order valence-corrected chi connectivity index (χ2v) is 10.8. The molecule has 14 heteroatoms. The van der Waals surface area contributed by atoms with Crippen LogP contribution in [0, 0.1) is 5.92 Å². The summed E-state index contributed by atoms with van der Waals surface area (Å²) in [5, 5.41) is 35.8. The highest BCUT2D eigenvalue weighted by Crippen LogP contribution is 2.48. The van der Waals surface area contributed by atoms with Crippen molar-refractivity contribution < 1.29 is 52.7 Å². The van der Waals surface area contributed by atoms with Gasteiger partial charge in [0.15, 0.2) is 6.29 Å². The maximum atomic E-state index is 14.2. The Hall–Kier alpha value is -2.25. The van der Waals surface area contributed by atoms with E-state index in [9.17, 15) is 29.5 Å². The molecule has 1 aliphatic rings. The van der Waals surface area contributed by atoms with Crippen molar-refractivity contribution in [3.8, 4) is 11.5 Å². The summed E-state index contributed by atoms with van der Waals surface area (Å²) in [6.45, 7) is 7.14. The van der Waals surface area contributed by atoms with Gasteiger partial charge >= 0.3 is 13.7 Å². The highest BCUT2D eigenvalue weighted by molar-refractivity contribution is 7.52. The van der Waals surface area contributed by atoms with E-state index in [1.54, 1.807) is 39.8 Å². The fraction of sp³-hybridized carbons (Fsp3) is 0.652. The monoisotopic (exact) mass is 548 g/mol. The molecule has 0 spiro atoms. The molecule has 1 saturated heterocycles. The summed E-state index contributed by atoms with van der Waals surface area (Å²) in [6, 6.07) is 3.42. The number of methoxy groups -OCH3 is 1. The van der Waals surface area contributed by atoms with E-state index in [1.807, 2.05) is 0 Å². The zero-order chi connectivity index (χ0) is 27.9. The molecule has 0 aliphatic carbocycles. The average molecular weight is 549 g/mol. The molecule has 0 saturated carbocycles. The number of aliphatic hydroxyl groups is 3. The zero-order valence-electron chi connectivity index (χ0n) is 21.7. The van der Waals surface area contributed by atoms with Gasteiger partial charge in [0, 0.05) is 6.92 Å². The Morgan fingerprint density at radius 2 is 1.70 bits per heavy atom. The standard InChI is InChI=1S/C23H37N2O11P/c1-12(2)18(22(29)33-13(3)4)25-37(31,35-16-9-7-15(32-6)8-10-16)36-21-19(24-14(5)27)23(30)34-17(11-26)20(21)28/h7-10,12-13,17-21,23,26,28,30H,11H2,1-6H3,(H,24,27)(H,25,31)/t17-,18+,19-,20-,21-,23?,37?/m1/s1. The highest BCUT2D eigenvalue weighted by atomic mass is 31.2. The number of amides is 1. The van der Waals surface area contributed by atoms with E-state index in [0.717, 1.165) is 6.92 Å². The highest BCUT2D eigenvalue weighted by Gasteiger charge is 2.50. The normalized spacial score (nSPS) is 26.3. The molecule has 210 valence electrons. The number of carbonyl (C=O) groups is 2. The second kappa shape index (κ2) is 13.5. The maximum absolute atomic E-state index is 14.2. The van der Waals surface area contributed by atoms with Gasteiger partial charge in [-0.1, -0.05) is 13.8 Å². The number of carbonyl (C=O) groups excluding carboxylic acids is 2. The van der Waals surface area contributed by atoms with Crippen LogP contribution in [-0.2, 0) is 28.2 Å². The second-order valence-electron chi connectivity index (χ2n) is 9.14. The Labute approximate surface area is 216 Å². The number of aliphatic hydroxyl groups excluding tert-OH is 3. The Morgan fingerprint density at radius 1 is 1.11 bits per heavy atom. The Kier molecular flexibility index (Phi) is 11.3. The molecular weight excluding hydrogens is 511 g/mol. The van der Waals surface area contributed by atoms with Gasteiger partial charge in [0.25, 0.3) is 0 Å². The first-order valence-corrected chi connectivity index (χ1v) is 13.3. The quantitative estimate of drug-likeness (QED) is 0.182. The molecule has 2 rings (SSSR count). The molecular formula is C23H37N2O11P. The van der Waals surface area contributed by atoms with Gasteiger partial charge in [-0.2, -0.15) is 5.09 Å². The summed E-state index contributed by atoms with van der Waals surface area (Å²) >= 11 is 0. The molecule has 37 heavy (non-hydrogen) atoms. The van der Waals surface area contributed by atoms with Gasteiger partial charge < -0.3 is 39.4 Å². The van der Waals surface area contributed by atoms with Gasteiger partial charge in [0.05, 0.1) is 19.8 Å². The van der Waals surface area contributed by atoms with Crippen molar-refractivity contribution in [1.29, 1.82) is 0 Å². The van der Waals surface area contributed by atoms with Crippen LogP contribution in [0.3, 0.4) is 0 Å². The maximum Gasteiger partial charge on any atom is 0.459 e. The van der Waals surface area contributed by atoms with Crippen LogP contribution in [0.25, 0.3) is 0 Å². The average Bonchev–Trinajstić information content (AvgIpc) is 2.81. The predicted molar refractivity (Wildman–Crippen MR) is 131 cm³/mol. The summed E-state index contributed by atoms with van der Waals surface area (Å²) < 4.78 is 41.2. The summed E-state index contributed by atoms with van der Waals surface area (Å²) in [4.78, 5) is 24.6. The molecule has 7 atom stereocenters. The summed E-state index contributed by atoms with van der Waals surface area (Å²) in [5.41, 5.74) is 0. The van der Waals surface area contributed by atoms with Crippen LogP contribution in [0.15, 0.2) is 24.3 Å². The van der Waals surface area contributed by atoms with Crippen LogP contribution in [0.2, 0.25) is 0 Å². The van der Waals surface area contributed by atoms with E-state index in [0.29, 0.717) is 5.75 Å². The minimum absolute atomic E-state index is 0.0632. The van der Waals surface area contributed by atoms with E-state index in [4.69, 9.17) is 23.3 Å². The lowest BCUT2D eigenvalue weighted by atomic mass is 9.97. The number of esters is 1. The Balaban J connectivity index is 2.49. The molecule has 0 bridgehead atoms. The first-order valence-electron chi connectivity index (χ1n) is 11.8. The third kappa shape index (κ3) is 8.64. The minimum atomic E-state index is -4.57. The van der Waals surface area contributed by atoms with Crippen molar-refractivity contribution in [3.05, 3.63) is 24.3 Å². The number of benzene rings is 1. The molecule has 2 unspecified atom stereocenters. The van der Waals surface area contributed by atoms with Gasteiger partial charge in [0.2, 0.25) is 5.91 Å². The molecule has 1 aliphatic heterocycles. The first kappa shape index (κ1) is 31.0. The van der Waals surface area contributed by atoms with E-state index < -0.39 is 74.9 Å². The first-order chi connectivity index (χ1) is 17.3. The van der Waals surface area contributed by atoms with E-state index in [-0.39, 0.29) is 5.75 Å². The van der Waals surface area contributed by atoms with Gasteiger partial charge in [-0.05, 0) is 44.0 Å². The lowest BCUT2D eigenvalue weighted by molar-refractivity contribution is -0.250. The molecule has 1 fully saturated rings. The molecule has 0 radical (unpaired) electrons. The Bertz CT molecular complexity index is 943.